The van der Waals surface area contributed by atoms with Crippen LogP contribution in [-0.2, 0) is 0 Å². The molecule has 9 heteroatoms. The Balaban J connectivity index is 0.00000150. The van der Waals surface area contributed by atoms with Gasteiger partial charge in [-0.15, -0.1) is 24.8 Å². The lowest BCUT2D eigenvalue weighted by atomic mass is 10.1. The minimum Gasteiger partial charge on any atom is -0.349 e. The first-order valence-corrected chi connectivity index (χ1v) is 9.05. The van der Waals surface area contributed by atoms with E-state index in [2.05, 4.69) is 25.9 Å². The van der Waals surface area contributed by atoms with E-state index in [4.69, 9.17) is 0 Å². The molecule has 3 aromatic rings. The quantitative estimate of drug-likeness (QED) is 0.505. The summed E-state index contributed by atoms with van der Waals surface area (Å²) in [6.45, 7) is 1.84. The third kappa shape index (κ3) is 5.47. The van der Waals surface area contributed by atoms with Crippen molar-refractivity contribution in [2.24, 2.45) is 0 Å². The van der Waals surface area contributed by atoms with Gasteiger partial charge in [-0.05, 0) is 62.3 Å². The monoisotopic (exact) mass is 435 g/mol. The normalized spacial score (nSPS) is 13.8. The molecule has 0 saturated carbocycles. The van der Waals surface area contributed by atoms with Gasteiger partial charge in [0.15, 0.2) is 0 Å². The zero-order chi connectivity index (χ0) is 18.6. The summed E-state index contributed by atoms with van der Waals surface area (Å²) in [4.78, 5) is 32.1. The van der Waals surface area contributed by atoms with E-state index in [-0.39, 0.29) is 42.7 Å². The number of nitrogens with one attached hydrogen (secondary N) is 4. The molecule has 1 aliphatic rings. The Kier molecular flexibility index (Phi) is 8.01. The third-order valence-corrected chi connectivity index (χ3v) is 4.74. The molecule has 0 radical (unpaired) electrons. The van der Waals surface area contributed by atoms with Gasteiger partial charge >= 0.3 is 0 Å². The van der Waals surface area contributed by atoms with E-state index in [0.29, 0.717) is 16.8 Å². The SMILES string of the molecule is Cl.Cl.O=C(Nc1cccc(C(=O)NC2CCNCC2)c1)c1ccc2nc[nH]c2c1. The summed E-state index contributed by atoms with van der Waals surface area (Å²) >= 11 is 0. The molecule has 1 aliphatic heterocycles. The molecule has 1 fully saturated rings. The molecule has 2 amide bonds. The third-order valence-electron chi connectivity index (χ3n) is 4.74. The van der Waals surface area contributed by atoms with Crippen LogP contribution in [0.15, 0.2) is 48.8 Å². The molecular formula is C20H23Cl2N5O2. The van der Waals surface area contributed by atoms with E-state index >= 15 is 0 Å². The van der Waals surface area contributed by atoms with Crippen molar-refractivity contribution < 1.29 is 9.59 Å². The van der Waals surface area contributed by atoms with Crippen molar-refractivity contribution in [2.45, 2.75) is 18.9 Å². The van der Waals surface area contributed by atoms with E-state index in [1.807, 2.05) is 0 Å². The van der Waals surface area contributed by atoms with E-state index in [0.717, 1.165) is 37.0 Å². The minimum absolute atomic E-state index is 0. The van der Waals surface area contributed by atoms with Crippen molar-refractivity contribution in [3.63, 3.8) is 0 Å². The average Bonchev–Trinajstić information content (AvgIpc) is 3.17. The van der Waals surface area contributed by atoms with Crippen molar-refractivity contribution in [1.29, 1.82) is 0 Å². The van der Waals surface area contributed by atoms with Crippen LogP contribution in [0.3, 0.4) is 0 Å². The second kappa shape index (κ2) is 10.2. The second-order valence-electron chi connectivity index (χ2n) is 6.67. The van der Waals surface area contributed by atoms with Gasteiger partial charge < -0.3 is 20.9 Å². The maximum Gasteiger partial charge on any atom is 0.255 e. The molecule has 1 saturated heterocycles. The molecule has 0 aliphatic carbocycles. The van der Waals surface area contributed by atoms with Crippen molar-refractivity contribution in [3.05, 3.63) is 59.9 Å². The smallest absolute Gasteiger partial charge is 0.255 e. The Morgan fingerprint density at radius 1 is 0.966 bits per heavy atom. The Morgan fingerprint density at radius 2 is 1.72 bits per heavy atom. The van der Waals surface area contributed by atoms with Gasteiger partial charge in [0.05, 0.1) is 17.4 Å². The average molecular weight is 436 g/mol. The number of benzene rings is 2. The van der Waals surface area contributed by atoms with Gasteiger partial charge in [0.1, 0.15) is 0 Å². The highest BCUT2D eigenvalue weighted by molar-refractivity contribution is 6.06. The number of amides is 2. The van der Waals surface area contributed by atoms with Crippen LogP contribution in [0.4, 0.5) is 5.69 Å². The number of aromatic nitrogens is 2. The first-order chi connectivity index (χ1) is 13.2. The van der Waals surface area contributed by atoms with Gasteiger partial charge in [-0.25, -0.2) is 4.98 Å². The van der Waals surface area contributed by atoms with Crippen LogP contribution in [0.2, 0.25) is 0 Å². The number of piperidine rings is 1. The Hall–Kier alpha value is -2.61. The predicted molar refractivity (Wildman–Crippen MR) is 118 cm³/mol. The number of hydrogen-bond donors (Lipinski definition) is 4. The zero-order valence-electron chi connectivity index (χ0n) is 15.6. The van der Waals surface area contributed by atoms with E-state index < -0.39 is 0 Å². The van der Waals surface area contributed by atoms with Crippen LogP contribution >= 0.6 is 24.8 Å². The highest BCUT2D eigenvalue weighted by atomic mass is 35.5. The zero-order valence-corrected chi connectivity index (χ0v) is 17.2. The first-order valence-electron chi connectivity index (χ1n) is 9.05. The maximum atomic E-state index is 12.5. The Morgan fingerprint density at radius 3 is 2.52 bits per heavy atom. The van der Waals surface area contributed by atoms with Crippen molar-refractivity contribution in [1.82, 2.24) is 20.6 Å². The second-order valence-corrected chi connectivity index (χ2v) is 6.67. The van der Waals surface area contributed by atoms with Crippen LogP contribution in [-0.4, -0.2) is 40.9 Å². The first kappa shape index (κ1) is 22.7. The van der Waals surface area contributed by atoms with E-state index in [9.17, 15) is 9.59 Å². The number of halogens is 2. The number of hydrogen-bond acceptors (Lipinski definition) is 4. The molecule has 0 atom stereocenters. The minimum atomic E-state index is -0.234. The summed E-state index contributed by atoms with van der Waals surface area (Å²) < 4.78 is 0. The molecule has 7 nitrogen and oxygen atoms in total. The summed E-state index contributed by atoms with van der Waals surface area (Å²) in [6.07, 6.45) is 3.45. The van der Waals surface area contributed by atoms with Crippen LogP contribution in [0.25, 0.3) is 11.0 Å². The van der Waals surface area contributed by atoms with Gasteiger partial charge in [-0.3, -0.25) is 9.59 Å². The molecule has 154 valence electrons. The molecule has 29 heavy (non-hydrogen) atoms. The Labute approximate surface area is 180 Å². The maximum absolute atomic E-state index is 12.5. The summed E-state index contributed by atoms with van der Waals surface area (Å²) in [7, 11) is 0. The number of fused-ring (bicyclic) bond motifs is 1. The van der Waals surface area contributed by atoms with Gasteiger partial charge in [0, 0.05) is 22.9 Å². The number of anilines is 1. The fraction of sp³-hybridized carbons (Fsp3) is 0.250. The summed E-state index contributed by atoms with van der Waals surface area (Å²) in [5, 5.41) is 9.19. The van der Waals surface area contributed by atoms with Crippen molar-refractivity contribution in [2.75, 3.05) is 18.4 Å². The van der Waals surface area contributed by atoms with Crippen LogP contribution < -0.4 is 16.0 Å². The van der Waals surface area contributed by atoms with E-state index in [1.165, 1.54) is 0 Å². The van der Waals surface area contributed by atoms with Crippen molar-refractivity contribution in [3.8, 4) is 0 Å². The molecule has 0 bridgehead atoms. The molecule has 4 N–H and O–H groups in total. The van der Waals surface area contributed by atoms with Crippen LogP contribution in [0.1, 0.15) is 33.6 Å². The number of carbonyl (C=O) groups excluding carboxylic acids is 2. The molecule has 2 heterocycles. The Bertz CT molecular complexity index is 986. The molecule has 0 spiro atoms. The highest BCUT2D eigenvalue weighted by Gasteiger charge is 2.17. The van der Waals surface area contributed by atoms with Gasteiger partial charge in [0.25, 0.3) is 11.8 Å². The topological polar surface area (TPSA) is 98.9 Å². The predicted octanol–water partition coefficient (Wildman–Crippen LogP) is 3.14. The molecule has 4 rings (SSSR count). The fourth-order valence-electron chi connectivity index (χ4n) is 3.25. The van der Waals surface area contributed by atoms with Gasteiger partial charge in [-0.1, -0.05) is 6.07 Å². The largest absolute Gasteiger partial charge is 0.349 e. The number of carbonyl (C=O) groups is 2. The van der Waals surface area contributed by atoms with Crippen LogP contribution in [0.5, 0.6) is 0 Å². The van der Waals surface area contributed by atoms with Gasteiger partial charge in [-0.2, -0.15) is 0 Å². The lowest BCUT2D eigenvalue weighted by molar-refractivity contribution is 0.0928. The number of imidazole rings is 1. The molecule has 2 aromatic carbocycles. The molecule has 1 aromatic heterocycles. The summed E-state index contributed by atoms with van der Waals surface area (Å²) in [5.74, 6) is -0.348. The lowest BCUT2D eigenvalue weighted by Gasteiger charge is -2.23. The molecule has 0 unspecified atom stereocenters. The lowest BCUT2D eigenvalue weighted by Crippen LogP contribution is -2.42. The standard InChI is InChI=1S/C20H21N5O2.2ClH/c26-19(24-15-6-8-21-9-7-15)13-2-1-3-16(10-13)25-20(27)14-4-5-17-18(11-14)23-12-22-17;;/h1-5,10-12,15,21H,6-9H2,(H,22,23)(H,24,26)(H,25,27);2*1H. The number of H-pyrrole nitrogens is 1. The van der Waals surface area contributed by atoms with Gasteiger partial charge in [0.2, 0.25) is 0 Å². The summed E-state index contributed by atoms with van der Waals surface area (Å²) in [5.41, 5.74) is 3.26. The molecular weight excluding hydrogens is 413 g/mol. The van der Waals surface area contributed by atoms with Crippen LogP contribution in [0, 0.1) is 0 Å². The fourth-order valence-corrected chi connectivity index (χ4v) is 3.25. The number of nitrogens with zero attached hydrogens (tertiary/aromatic N) is 1. The summed E-state index contributed by atoms with van der Waals surface area (Å²) in [6, 6.07) is 12.5. The van der Waals surface area contributed by atoms with E-state index in [1.54, 1.807) is 48.8 Å². The van der Waals surface area contributed by atoms with Crippen molar-refractivity contribution >= 4 is 53.3 Å². The number of aromatic amines is 1. The highest BCUT2D eigenvalue weighted by Crippen LogP contribution is 2.16. The number of rotatable bonds is 4.